The van der Waals surface area contributed by atoms with Crippen LogP contribution in [-0.4, -0.2) is 81.0 Å². The highest BCUT2D eigenvalue weighted by Gasteiger charge is 2.31. The molecule has 0 aliphatic heterocycles. The number of H-pyrrole nitrogens is 1. The summed E-state index contributed by atoms with van der Waals surface area (Å²) in [5.74, 6) is -3.93. The summed E-state index contributed by atoms with van der Waals surface area (Å²) in [6, 6.07) is 8.34. The lowest BCUT2D eigenvalue weighted by atomic mass is 10.0. The molecule has 4 amide bonds. The van der Waals surface area contributed by atoms with Crippen molar-refractivity contribution in [3.8, 4) is 5.75 Å². The molecule has 4 unspecified atom stereocenters. The van der Waals surface area contributed by atoms with Crippen LogP contribution in [0.4, 0.5) is 0 Å². The zero-order chi connectivity index (χ0) is 31.5. The number of benzene rings is 2. The molecule has 0 saturated carbocycles. The van der Waals surface area contributed by atoms with Crippen LogP contribution in [0.25, 0.3) is 10.9 Å². The lowest BCUT2D eigenvalue weighted by Gasteiger charge is -2.25. The van der Waals surface area contributed by atoms with Crippen molar-refractivity contribution in [3.63, 3.8) is 0 Å². The van der Waals surface area contributed by atoms with E-state index < -0.39 is 60.2 Å². The number of hydrogen-bond acceptors (Lipinski definition) is 8. The molecule has 230 valence electrons. The summed E-state index contributed by atoms with van der Waals surface area (Å²) in [4.78, 5) is 66.2. The van der Waals surface area contributed by atoms with Crippen molar-refractivity contribution in [3.05, 3.63) is 65.9 Å². The monoisotopic (exact) mass is 612 g/mol. The van der Waals surface area contributed by atoms with Gasteiger partial charge in [0.1, 0.15) is 23.9 Å². The summed E-state index contributed by atoms with van der Waals surface area (Å²) in [7, 11) is 0. The summed E-state index contributed by atoms with van der Waals surface area (Å²) in [5, 5.41) is 27.6. The molecule has 13 nitrogen and oxygen atoms in total. The van der Waals surface area contributed by atoms with Crippen LogP contribution in [-0.2, 0) is 36.8 Å². The number of nitrogens with one attached hydrogen (secondary N) is 4. The first kappa shape index (κ1) is 32.9. The Balaban J connectivity index is 1.90. The molecular formula is C29H36N6O7S. The summed E-state index contributed by atoms with van der Waals surface area (Å²) in [6.45, 7) is 0. The molecule has 0 saturated heterocycles. The molecule has 3 aromatic rings. The number of thioether (sulfide) groups is 1. The number of carboxylic acid groups (broad SMARTS) is 1. The Morgan fingerprint density at radius 1 is 0.884 bits per heavy atom. The predicted octanol–water partition coefficient (Wildman–Crippen LogP) is 0.154. The number of fused-ring (bicyclic) bond motifs is 1. The van der Waals surface area contributed by atoms with Gasteiger partial charge in [-0.2, -0.15) is 11.8 Å². The second-order valence-corrected chi connectivity index (χ2v) is 11.0. The van der Waals surface area contributed by atoms with Crippen molar-refractivity contribution < 1.29 is 34.2 Å². The molecule has 4 atom stereocenters. The van der Waals surface area contributed by atoms with Gasteiger partial charge in [0.25, 0.3) is 0 Å². The van der Waals surface area contributed by atoms with Gasteiger partial charge in [-0.1, -0.05) is 30.3 Å². The number of nitrogens with two attached hydrogens (primary N) is 2. The van der Waals surface area contributed by atoms with E-state index in [-0.39, 0.29) is 18.6 Å². The number of para-hydroxylation sites is 1. The summed E-state index contributed by atoms with van der Waals surface area (Å²) >= 11 is 1.53. The number of amides is 4. The Kier molecular flexibility index (Phi) is 12.0. The molecule has 14 heteroatoms. The van der Waals surface area contributed by atoms with E-state index in [0.29, 0.717) is 17.7 Å². The second kappa shape index (κ2) is 15.6. The second-order valence-electron chi connectivity index (χ2n) is 10.0. The Morgan fingerprint density at radius 3 is 2.12 bits per heavy atom. The van der Waals surface area contributed by atoms with E-state index in [1.165, 1.54) is 36.0 Å². The molecule has 2 aromatic carbocycles. The van der Waals surface area contributed by atoms with Crippen molar-refractivity contribution in [2.45, 2.75) is 49.9 Å². The Bertz CT molecular complexity index is 1440. The number of aliphatic carboxylic acids is 1. The van der Waals surface area contributed by atoms with Gasteiger partial charge in [-0.3, -0.25) is 19.2 Å². The molecule has 0 bridgehead atoms. The number of primary amides is 1. The van der Waals surface area contributed by atoms with Crippen molar-refractivity contribution in [2.75, 3.05) is 12.0 Å². The third-order valence-electron chi connectivity index (χ3n) is 6.73. The van der Waals surface area contributed by atoms with Crippen LogP contribution in [0.15, 0.2) is 54.7 Å². The first-order valence-corrected chi connectivity index (χ1v) is 14.9. The van der Waals surface area contributed by atoms with E-state index in [0.717, 1.165) is 16.5 Å². The largest absolute Gasteiger partial charge is 0.508 e. The van der Waals surface area contributed by atoms with Gasteiger partial charge in [-0.15, -0.1) is 0 Å². The normalized spacial score (nSPS) is 13.8. The highest BCUT2D eigenvalue weighted by atomic mass is 32.2. The zero-order valence-corrected chi connectivity index (χ0v) is 24.4. The van der Waals surface area contributed by atoms with Crippen LogP contribution in [0.2, 0.25) is 0 Å². The van der Waals surface area contributed by atoms with Crippen LogP contribution < -0.4 is 27.4 Å². The van der Waals surface area contributed by atoms with Gasteiger partial charge in [0.15, 0.2) is 0 Å². The first-order chi connectivity index (χ1) is 20.5. The van der Waals surface area contributed by atoms with E-state index in [1.807, 2.05) is 30.5 Å². The van der Waals surface area contributed by atoms with Crippen molar-refractivity contribution in [1.82, 2.24) is 20.9 Å². The highest BCUT2D eigenvalue weighted by molar-refractivity contribution is 7.98. The predicted molar refractivity (Wildman–Crippen MR) is 162 cm³/mol. The quantitative estimate of drug-likeness (QED) is 0.110. The maximum absolute atomic E-state index is 13.7. The fourth-order valence-electron chi connectivity index (χ4n) is 4.41. The van der Waals surface area contributed by atoms with E-state index in [2.05, 4.69) is 20.9 Å². The van der Waals surface area contributed by atoms with Gasteiger partial charge in [-0.05, 0) is 47.8 Å². The number of hydrogen-bond donors (Lipinski definition) is 8. The maximum atomic E-state index is 13.7. The van der Waals surface area contributed by atoms with Crippen LogP contribution in [0, 0.1) is 0 Å². The number of carbonyl (C=O) groups excluding carboxylic acids is 4. The van der Waals surface area contributed by atoms with Gasteiger partial charge in [-0.25, -0.2) is 4.79 Å². The lowest BCUT2D eigenvalue weighted by Crippen LogP contribution is -2.58. The average molecular weight is 613 g/mol. The van der Waals surface area contributed by atoms with Gasteiger partial charge in [0.05, 0.1) is 12.5 Å². The molecule has 0 fully saturated rings. The number of carbonyl (C=O) groups is 5. The minimum Gasteiger partial charge on any atom is -0.508 e. The van der Waals surface area contributed by atoms with Crippen molar-refractivity contribution in [1.29, 1.82) is 0 Å². The number of aromatic amines is 1. The number of carboxylic acids is 1. The topological polar surface area (TPSA) is 230 Å². The average Bonchev–Trinajstić information content (AvgIpc) is 3.38. The molecule has 0 aliphatic rings. The molecule has 0 aliphatic carbocycles. The van der Waals surface area contributed by atoms with E-state index >= 15 is 0 Å². The summed E-state index contributed by atoms with van der Waals surface area (Å²) in [6.07, 6.45) is 3.30. The summed E-state index contributed by atoms with van der Waals surface area (Å²) in [5.41, 5.74) is 13.3. The third-order valence-corrected chi connectivity index (χ3v) is 7.37. The number of phenols is 1. The minimum atomic E-state index is -1.62. The molecule has 3 rings (SSSR count). The number of aromatic hydroxyl groups is 1. The Hall–Kier alpha value is -4.56. The Labute approximate surface area is 252 Å². The first-order valence-electron chi connectivity index (χ1n) is 13.5. The molecule has 10 N–H and O–H groups in total. The van der Waals surface area contributed by atoms with E-state index in [1.54, 1.807) is 6.20 Å². The van der Waals surface area contributed by atoms with Crippen LogP contribution >= 0.6 is 11.8 Å². The highest BCUT2D eigenvalue weighted by Crippen LogP contribution is 2.20. The van der Waals surface area contributed by atoms with Crippen LogP contribution in [0.1, 0.15) is 24.0 Å². The minimum absolute atomic E-state index is 0.0134. The fraction of sp³-hybridized carbons (Fsp3) is 0.345. The van der Waals surface area contributed by atoms with Crippen molar-refractivity contribution in [2.24, 2.45) is 11.5 Å². The molecule has 0 radical (unpaired) electrons. The maximum Gasteiger partial charge on any atom is 0.326 e. The molecule has 1 heterocycles. The van der Waals surface area contributed by atoms with Gasteiger partial charge >= 0.3 is 5.97 Å². The lowest BCUT2D eigenvalue weighted by molar-refractivity contribution is -0.143. The van der Waals surface area contributed by atoms with E-state index in [4.69, 9.17) is 11.5 Å². The third kappa shape index (κ3) is 9.75. The van der Waals surface area contributed by atoms with E-state index in [9.17, 15) is 34.2 Å². The van der Waals surface area contributed by atoms with Gasteiger partial charge < -0.3 is 42.6 Å². The zero-order valence-electron chi connectivity index (χ0n) is 23.5. The molecule has 1 aromatic heterocycles. The van der Waals surface area contributed by atoms with Gasteiger partial charge in [0, 0.05) is 29.9 Å². The number of phenolic OH excluding ortho intramolecular Hbond substituents is 1. The Morgan fingerprint density at radius 2 is 1.49 bits per heavy atom. The molecule has 0 spiro atoms. The van der Waals surface area contributed by atoms with Crippen LogP contribution in [0.5, 0.6) is 5.75 Å². The number of aromatic nitrogens is 1. The van der Waals surface area contributed by atoms with Crippen molar-refractivity contribution >= 4 is 52.3 Å². The standard InChI is InChI=1S/C29H36N6O7S/c1-43-11-10-20(30)26(38)33-23(13-17-15-32-21-5-3-2-4-19(17)21)28(40)34-22(12-16-6-8-18(36)9-7-16)27(39)35-24(29(41)42)14-25(31)37/h2-9,15,20,22-24,32,36H,10-14,30H2,1H3,(H2,31,37)(H,33,38)(H,34,40)(H,35,39)(H,41,42). The van der Waals surface area contributed by atoms with Gasteiger partial charge in [0.2, 0.25) is 23.6 Å². The van der Waals surface area contributed by atoms with Crippen LogP contribution in [0.3, 0.4) is 0 Å². The number of rotatable bonds is 16. The molecule has 43 heavy (non-hydrogen) atoms. The SMILES string of the molecule is CSCCC(N)C(=O)NC(Cc1c[nH]c2ccccc12)C(=O)NC(Cc1ccc(O)cc1)C(=O)NC(CC(N)=O)C(=O)O. The molecular weight excluding hydrogens is 576 g/mol. The smallest absolute Gasteiger partial charge is 0.326 e. The summed E-state index contributed by atoms with van der Waals surface area (Å²) < 4.78 is 0. The fourth-order valence-corrected chi connectivity index (χ4v) is 4.90.